The molecule has 2 aromatic heterocycles. The van der Waals surface area contributed by atoms with E-state index in [9.17, 15) is 9.59 Å². The topological polar surface area (TPSA) is 93.9 Å². The molecular formula is C11H6N4O2. The first-order valence-corrected chi connectivity index (χ1v) is 4.88. The summed E-state index contributed by atoms with van der Waals surface area (Å²) in [7, 11) is 0. The van der Waals surface area contributed by atoms with Crippen LogP contribution in [0.3, 0.4) is 0 Å². The van der Waals surface area contributed by atoms with Crippen molar-refractivity contribution in [3.05, 3.63) is 50.7 Å². The van der Waals surface area contributed by atoms with E-state index in [0.29, 0.717) is 11.0 Å². The van der Waals surface area contributed by atoms with Crippen molar-refractivity contribution < 1.29 is 0 Å². The predicted octanol–water partition coefficient (Wildman–Crippen LogP) is 0.341. The number of hydrogen-bond acceptors (Lipinski definition) is 3. The van der Waals surface area contributed by atoms with Gasteiger partial charge in [0.2, 0.25) is 0 Å². The van der Waals surface area contributed by atoms with Gasteiger partial charge in [0.15, 0.2) is 5.56 Å². The maximum absolute atomic E-state index is 11.7. The van der Waals surface area contributed by atoms with Gasteiger partial charge in [-0.15, -0.1) is 0 Å². The summed E-state index contributed by atoms with van der Waals surface area (Å²) in [4.78, 5) is 28.2. The van der Waals surface area contributed by atoms with E-state index < -0.39 is 11.2 Å². The molecule has 0 saturated heterocycles. The molecule has 0 fully saturated rings. The molecule has 0 unspecified atom stereocenters. The summed E-state index contributed by atoms with van der Waals surface area (Å²) >= 11 is 0. The number of aromatic amines is 2. The van der Waals surface area contributed by atoms with Gasteiger partial charge in [-0.2, -0.15) is 5.26 Å². The first kappa shape index (κ1) is 9.42. The highest BCUT2D eigenvalue weighted by Crippen LogP contribution is 2.14. The van der Waals surface area contributed by atoms with E-state index in [1.165, 1.54) is 4.40 Å². The van der Waals surface area contributed by atoms with Gasteiger partial charge in [0.1, 0.15) is 11.7 Å². The number of nitrogens with zero attached hydrogens (tertiary/aromatic N) is 2. The van der Waals surface area contributed by atoms with Crippen LogP contribution in [0.1, 0.15) is 5.56 Å². The maximum Gasteiger partial charge on any atom is 0.334 e. The van der Waals surface area contributed by atoms with Gasteiger partial charge in [0.05, 0.1) is 11.0 Å². The van der Waals surface area contributed by atoms with Crippen molar-refractivity contribution in [1.82, 2.24) is 14.4 Å². The summed E-state index contributed by atoms with van der Waals surface area (Å²) in [5.41, 5.74) is 0.217. The SMILES string of the molecule is N#Cc1c(=O)[nH]c(=O)n2c1[nH]c1ccccc12. The summed E-state index contributed by atoms with van der Waals surface area (Å²) < 4.78 is 1.29. The quantitative estimate of drug-likeness (QED) is 0.578. The van der Waals surface area contributed by atoms with Crippen molar-refractivity contribution in [1.29, 1.82) is 5.26 Å². The van der Waals surface area contributed by atoms with E-state index in [1.54, 1.807) is 30.3 Å². The lowest BCUT2D eigenvalue weighted by Gasteiger charge is -1.94. The molecule has 0 radical (unpaired) electrons. The van der Waals surface area contributed by atoms with Crippen molar-refractivity contribution >= 4 is 16.7 Å². The Morgan fingerprint density at radius 2 is 1.94 bits per heavy atom. The molecule has 17 heavy (non-hydrogen) atoms. The Hall–Kier alpha value is -2.81. The molecule has 0 bridgehead atoms. The van der Waals surface area contributed by atoms with Crippen LogP contribution in [0.2, 0.25) is 0 Å². The van der Waals surface area contributed by atoms with Crippen LogP contribution in [0.25, 0.3) is 16.7 Å². The molecule has 0 saturated carbocycles. The monoisotopic (exact) mass is 226 g/mol. The molecule has 0 atom stereocenters. The van der Waals surface area contributed by atoms with Crippen LogP contribution < -0.4 is 11.2 Å². The van der Waals surface area contributed by atoms with E-state index in [1.807, 2.05) is 0 Å². The zero-order chi connectivity index (χ0) is 12.0. The smallest absolute Gasteiger partial charge is 0.334 e. The number of imidazole rings is 1. The second-order valence-electron chi connectivity index (χ2n) is 3.57. The molecule has 3 rings (SSSR count). The van der Waals surface area contributed by atoms with Gasteiger partial charge in [0.25, 0.3) is 5.56 Å². The fraction of sp³-hybridized carbons (Fsp3) is 0. The fourth-order valence-corrected chi connectivity index (χ4v) is 1.89. The molecule has 2 N–H and O–H groups in total. The summed E-state index contributed by atoms with van der Waals surface area (Å²) in [6.07, 6.45) is 0. The molecule has 2 heterocycles. The Morgan fingerprint density at radius 3 is 2.71 bits per heavy atom. The Kier molecular flexibility index (Phi) is 1.71. The Labute approximate surface area is 93.8 Å². The number of benzene rings is 1. The van der Waals surface area contributed by atoms with Gasteiger partial charge < -0.3 is 4.98 Å². The van der Waals surface area contributed by atoms with Crippen LogP contribution in [-0.4, -0.2) is 14.4 Å². The van der Waals surface area contributed by atoms with Crippen molar-refractivity contribution in [2.75, 3.05) is 0 Å². The molecule has 0 aliphatic heterocycles. The highest BCUT2D eigenvalue weighted by atomic mass is 16.2. The first-order valence-electron chi connectivity index (χ1n) is 4.88. The Morgan fingerprint density at radius 1 is 1.18 bits per heavy atom. The third-order valence-electron chi connectivity index (χ3n) is 2.62. The average molecular weight is 226 g/mol. The van der Waals surface area contributed by atoms with Gasteiger partial charge in [-0.05, 0) is 12.1 Å². The summed E-state index contributed by atoms with van der Waals surface area (Å²) in [5.74, 6) is 0. The largest absolute Gasteiger partial charge is 0.338 e. The van der Waals surface area contributed by atoms with Crippen LogP contribution in [0.15, 0.2) is 33.9 Å². The van der Waals surface area contributed by atoms with Gasteiger partial charge in [-0.3, -0.25) is 9.78 Å². The number of rotatable bonds is 0. The molecule has 1 aromatic carbocycles. The van der Waals surface area contributed by atoms with E-state index in [4.69, 9.17) is 5.26 Å². The molecule has 0 aliphatic rings. The summed E-state index contributed by atoms with van der Waals surface area (Å²) in [5, 5.41) is 8.93. The predicted molar refractivity (Wildman–Crippen MR) is 60.9 cm³/mol. The van der Waals surface area contributed by atoms with Crippen LogP contribution in [0.5, 0.6) is 0 Å². The van der Waals surface area contributed by atoms with Crippen molar-refractivity contribution in [2.24, 2.45) is 0 Å². The standard InChI is InChI=1S/C11H6N4O2/c12-5-6-9-13-7-3-1-2-4-8(7)15(9)11(17)14-10(6)16/h1-4,13H,(H,14,16,17). The number of aromatic nitrogens is 3. The highest BCUT2D eigenvalue weighted by Gasteiger charge is 2.12. The molecule has 82 valence electrons. The van der Waals surface area contributed by atoms with Crippen LogP contribution >= 0.6 is 0 Å². The molecule has 0 amide bonds. The molecule has 3 aromatic rings. The van der Waals surface area contributed by atoms with E-state index in [-0.39, 0.29) is 11.2 Å². The van der Waals surface area contributed by atoms with Gasteiger partial charge in [0, 0.05) is 0 Å². The summed E-state index contributed by atoms with van der Waals surface area (Å²) in [6, 6.07) is 8.88. The van der Waals surface area contributed by atoms with Gasteiger partial charge in [-0.25, -0.2) is 9.20 Å². The Bertz CT molecular complexity index is 892. The summed E-state index contributed by atoms with van der Waals surface area (Å²) in [6.45, 7) is 0. The minimum atomic E-state index is -0.677. The second-order valence-corrected chi connectivity index (χ2v) is 3.57. The zero-order valence-corrected chi connectivity index (χ0v) is 8.52. The van der Waals surface area contributed by atoms with Gasteiger partial charge in [-0.1, -0.05) is 12.1 Å². The van der Waals surface area contributed by atoms with E-state index >= 15 is 0 Å². The van der Waals surface area contributed by atoms with E-state index in [2.05, 4.69) is 9.97 Å². The third kappa shape index (κ3) is 1.13. The van der Waals surface area contributed by atoms with Crippen LogP contribution in [-0.2, 0) is 0 Å². The molecule has 0 spiro atoms. The van der Waals surface area contributed by atoms with Crippen molar-refractivity contribution in [3.63, 3.8) is 0 Å². The van der Waals surface area contributed by atoms with Crippen molar-refractivity contribution in [2.45, 2.75) is 0 Å². The lowest BCUT2D eigenvalue weighted by Crippen LogP contribution is -2.27. The molecule has 0 aliphatic carbocycles. The number of nitriles is 1. The van der Waals surface area contributed by atoms with Crippen molar-refractivity contribution in [3.8, 4) is 6.07 Å². The second kappa shape index (κ2) is 3.09. The maximum atomic E-state index is 11.7. The first-order chi connectivity index (χ1) is 8.22. The Balaban J connectivity index is 2.76. The lowest BCUT2D eigenvalue weighted by atomic mass is 10.3. The average Bonchev–Trinajstić information content (AvgIpc) is 2.68. The molecular weight excluding hydrogens is 220 g/mol. The zero-order valence-electron chi connectivity index (χ0n) is 8.52. The molecule has 6 heteroatoms. The minimum Gasteiger partial charge on any atom is -0.338 e. The minimum absolute atomic E-state index is 0.0965. The number of fused-ring (bicyclic) bond motifs is 3. The fourth-order valence-electron chi connectivity index (χ4n) is 1.89. The number of hydrogen-bond donors (Lipinski definition) is 2. The number of para-hydroxylation sites is 2. The third-order valence-corrected chi connectivity index (χ3v) is 2.62. The highest BCUT2D eigenvalue weighted by molar-refractivity contribution is 5.81. The van der Waals surface area contributed by atoms with Crippen LogP contribution in [0, 0.1) is 11.3 Å². The lowest BCUT2D eigenvalue weighted by molar-refractivity contribution is 0.990. The normalized spacial score (nSPS) is 10.8. The van der Waals surface area contributed by atoms with Crippen LogP contribution in [0.4, 0.5) is 0 Å². The molecule has 6 nitrogen and oxygen atoms in total. The van der Waals surface area contributed by atoms with Gasteiger partial charge >= 0.3 is 5.69 Å². The van der Waals surface area contributed by atoms with E-state index in [0.717, 1.165) is 0 Å². The number of H-pyrrole nitrogens is 2. The number of nitrogens with one attached hydrogen (secondary N) is 2.